The van der Waals surface area contributed by atoms with Gasteiger partial charge in [-0.3, -0.25) is 0 Å². The summed E-state index contributed by atoms with van der Waals surface area (Å²) >= 11 is 0. The number of hydrogen-bond acceptors (Lipinski definition) is 2. The SMILES string of the molecule is CCO[Si](CC1CCCC1)(CC1CCCC1)OCC. The zero-order chi connectivity index (χ0) is 13.6. The van der Waals surface area contributed by atoms with Gasteiger partial charge in [0.2, 0.25) is 0 Å². The lowest BCUT2D eigenvalue weighted by molar-refractivity contribution is 0.171. The largest absolute Gasteiger partial charge is 0.394 e. The van der Waals surface area contributed by atoms with Crippen molar-refractivity contribution in [3.63, 3.8) is 0 Å². The third-order valence-electron chi connectivity index (χ3n) is 4.96. The van der Waals surface area contributed by atoms with Crippen LogP contribution in [0.1, 0.15) is 65.2 Å². The molecular formula is C16H32O2Si. The van der Waals surface area contributed by atoms with Crippen LogP contribution < -0.4 is 0 Å². The van der Waals surface area contributed by atoms with Crippen LogP contribution in [0.5, 0.6) is 0 Å². The van der Waals surface area contributed by atoms with Crippen LogP contribution in [0, 0.1) is 11.8 Å². The van der Waals surface area contributed by atoms with E-state index in [9.17, 15) is 0 Å². The molecule has 112 valence electrons. The molecule has 0 aliphatic heterocycles. The molecule has 0 aromatic carbocycles. The van der Waals surface area contributed by atoms with Crippen molar-refractivity contribution in [2.24, 2.45) is 11.8 Å². The van der Waals surface area contributed by atoms with Crippen molar-refractivity contribution < 1.29 is 8.85 Å². The van der Waals surface area contributed by atoms with E-state index in [2.05, 4.69) is 13.8 Å². The van der Waals surface area contributed by atoms with Crippen LogP contribution >= 0.6 is 0 Å². The van der Waals surface area contributed by atoms with E-state index in [0.29, 0.717) is 0 Å². The normalized spacial score (nSPS) is 22.4. The number of rotatable bonds is 8. The highest BCUT2D eigenvalue weighted by Gasteiger charge is 2.42. The van der Waals surface area contributed by atoms with Gasteiger partial charge in [0.15, 0.2) is 0 Å². The highest BCUT2D eigenvalue weighted by Crippen LogP contribution is 2.39. The zero-order valence-electron chi connectivity index (χ0n) is 13.0. The molecule has 2 aliphatic carbocycles. The standard InChI is InChI=1S/C16H32O2Si/c1-3-17-19(18-4-2,13-15-9-5-6-10-15)14-16-11-7-8-12-16/h15-16H,3-14H2,1-2H3. The molecular weight excluding hydrogens is 252 g/mol. The van der Waals surface area contributed by atoms with Crippen molar-refractivity contribution in [2.75, 3.05) is 13.2 Å². The molecule has 0 unspecified atom stereocenters. The van der Waals surface area contributed by atoms with Gasteiger partial charge in [0.05, 0.1) is 0 Å². The molecule has 0 spiro atoms. The molecule has 2 rings (SSSR count). The average Bonchev–Trinajstić information content (AvgIpc) is 3.03. The van der Waals surface area contributed by atoms with E-state index in [-0.39, 0.29) is 0 Å². The molecule has 2 fully saturated rings. The lowest BCUT2D eigenvalue weighted by Crippen LogP contribution is -2.45. The molecule has 0 heterocycles. The Morgan fingerprint density at radius 3 is 1.42 bits per heavy atom. The van der Waals surface area contributed by atoms with Gasteiger partial charge in [-0.2, -0.15) is 0 Å². The molecule has 3 heteroatoms. The second-order valence-corrected chi connectivity index (χ2v) is 9.70. The molecule has 0 saturated heterocycles. The van der Waals surface area contributed by atoms with E-state index in [4.69, 9.17) is 8.85 Å². The lowest BCUT2D eigenvalue weighted by atomic mass is 10.1. The Morgan fingerprint density at radius 2 is 1.11 bits per heavy atom. The monoisotopic (exact) mass is 284 g/mol. The maximum absolute atomic E-state index is 6.31. The third-order valence-corrected chi connectivity index (χ3v) is 8.99. The minimum Gasteiger partial charge on any atom is -0.394 e. The molecule has 2 nitrogen and oxygen atoms in total. The van der Waals surface area contributed by atoms with Crippen molar-refractivity contribution in [2.45, 2.75) is 77.3 Å². The second-order valence-electron chi connectivity index (χ2n) is 6.49. The van der Waals surface area contributed by atoms with Gasteiger partial charge >= 0.3 is 8.56 Å². The van der Waals surface area contributed by atoms with Gasteiger partial charge in [0.25, 0.3) is 0 Å². The van der Waals surface area contributed by atoms with E-state index in [1.807, 2.05) is 0 Å². The summed E-state index contributed by atoms with van der Waals surface area (Å²) in [5, 5.41) is 0. The van der Waals surface area contributed by atoms with Crippen LogP contribution in [0.3, 0.4) is 0 Å². The summed E-state index contributed by atoms with van der Waals surface area (Å²) in [4.78, 5) is 0. The predicted octanol–water partition coefficient (Wildman–Crippen LogP) is 4.88. The fraction of sp³-hybridized carbons (Fsp3) is 1.00. The lowest BCUT2D eigenvalue weighted by Gasteiger charge is -2.34. The van der Waals surface area contributed by atoms with Crippen molar-refractivity contribution in [1.82, 2.24) is 0 Å². The Kier molecular flexibility index (Phi) is 6.37. The Labute approximate surface area is 120 Å². The number of hydrogen-bond donors (Lipinski definition) is 0. The Morgan fingerprint density at radius 1 is 0.737 bits per heavy atom. The highest BCUT2D eigenvalue weighted by molar-refractivity contribution is 6.67. The van der Waals surface area contributed by atoms with E-state index >= 15 is 0 Å². The molecule has 0 atom stereocenters. The van der Waals surface area contributed by atoms with Crippen LogP contribution in [0.25, 0.3) is 0 Å². The minimum atomic E-state index is -1.93. The quantitative estimate of drug-likeness (QED) is 0.591. The summed E-state index contributed by atoms with van der Waals surface area (Å²) in [6, 6.07) is 2.54. The van der Waals surface area contributed by atoms with Crippen molar-refractivity contribution in [1.29, 1.82) is 0 Å². The molecule has 2 saturated carbocycles. The smallest absolute Gasteiger partial charge is 0.338 e. The van der Waals surface area contributed by atoms with Crippen molar-refractivity contribution in [3.05, 3.63) is 0 Å². The van der Waals surface area contributed by atoms with Crippen LogP contribution in [0.2, 0.25) is 12.1 Å². The molecule has 2 aliphatic rings. The van der Waals surface area contributed by atoms with E-state index in [1.54, 1.807) is 0 Å². The molecule has 0 amide bonds. The fourth-order valence-corrected chi connectivity index (χ4v) is 8.54. The summed E-state index contributed by atoms with van der Waals surface area (Å²) in [7, 11) is -1.93. The second kappa shape index (κ2) is 7.80. The topological polar surface area (TPSA) is 18.5 Å². The first-order valence-electron chi connectivity index (χ1n) is 8.56. The highest BCUT2D eigenvalue weighted by atomic mass is 28.4. The van der Waals surface area contributed by atoms with Gasteiger partial charge in [-0.05, 0) is 37.8 Å². The molecule has 0 bridgehead atoms. The van der Waals surface area contributed by atoms with Gasteiger partial charge in [-0.25, -0.2) is 0 Å². The van der Waals surface area contributed by atoms with Gasteiger partial charge in [0, 0.05) is 13.2 Å². The van der Waals surface area contributed by atoms with Crippen LogP contribution in [-0.4, -0.2) is 21.8 Å². The minimum absolute atomic E-state index is 0.839. The summed E-state index contributed by atoms with van der Waals surface area (Å²) in [6.07, 6.45) is 11.4. The molecule has 19 heavy (non-hydrogen) atoms. The molecule has 0 aromatic heterocycles. The van der Waals surface area contributed by atoms with E-state index in [1.165, 1.54) is 63.5 Å². The Hall–Kier alpha value is 0.137. The maximum atomic E-state index is 6.31. The van der Waals surface area contributed by atoms with Crippen LogP contribution in [0.4, 0.5) is 0 Å². The summed E-state index contributed by atoms with van der Waals surface area (Å²) in [5.74, 6) is 1.79. The van der Waals surface area contributed by atoms with E-state index < -0.39 is 8.56 Å². The first-order chi connectivity index (χ1) is 9.28. The Balaban J connectivity index is 1.98. The maximum Gasteiger partial charge on any atom is 0.338 e. The van der Waals surface area contributed by atoms with E-state index in [0.717, 1.165) is 25.0 Å². The van der Waals surface area contributed by atoms with Gasteiger partial charge in [-0.15, -0.1) is 0 Å². The first kappa shape index (κ1) is 15.5. The summed E-state index contributed by atoms with van der Waals surface area (Å²) < 4.78 is 12.6. The molecule has 0 radical (unpaired) electrons. The summed E-state index contributed by atoms with van der Waals surface area (Å²) in [6.45, 7) is 5.96. The van der Waals surface area contributed by atoms with Gasteiger partial charge in [0.1, 0.15) is 0 Å². The van der Waals surface area contributed by atoms with Gasteiger partial charge in [-0.1, -0.05) is 51.4 Å². The zero-order valence-corrected chi connectivity index (χ0v) is 14.0. The van der Waals surface area contributed by atoms with Gasteiger partial charge < -0.3 is 8.85 Å². The predicted molar refractivity (Wildman–Crippen MR) is 82.5 cm³/mol. The van der Waals surface area contributed by atoms with Crippen LogP contribution in [0.15, 0.2) is 0 Å². The molecule has 0 N–H and O–H groups in total. The van der Waals surface area contributed by atoms with Crippen LogP contribution in [-0.2, 0) is 8.85 Å². The van der Waals surface area contributed by atoms with Crippen molar-refractivity contribution >= 4 is 8.56 Å². The third kappa shape index (κ3) is 4.57. The fourth-order valence-electron chi connectivity index (χ4n) is 4.20. The molecule has 0 aromatic rings. The van der Waals surface area contributed by atoms with Crippen molar-refractivity contribution in [3.8, 4) is 0 Å². The summed E-state index contributed by atoms with van der Waals surface area (Å²) in [5.41, 5.74) is 0. The first-order valence-corrected chi connectivity index (χ1v) is 10.8. The Bertz CT molecular complexity index is 219. The average molecular weight is 285 g/mol.